The molecule has 0 aliphatic heterocycles. The summed E-state index contributed by atoms with van der Waals surface area (Å²) in [4.78, 5) is 10.8. The second-order valence-electron chi connectivity index (χ2n) is 4.01. The zero-order chi connectivity index (χ0) is 8.98. The van der Waals surface area contributed by atoms with Crippen LogP contribution in [0.2, 0.25) is 0 Å². The summed E-state index contributed by atoms with van der Waals surface area (Å²) in [5.41, 5.74) is 4.08. The maximum atomic E-state index is 10.8. The molecule has 0 saturated heterocycles. The molecule has 1 spiro atoms. The van der Waals surface area contributed by atoms with Crippen LogP contribution < -0.4 is 5.73 Å². The average Bonchev–Trinajstić information content (AvgIpc) is 1.81. The Kier molecular flexibility index (Phi) is 1.34. The smallest absolute Gasteiger partial charge is 0.324 e. The van der Waals surface area contributed by atoms with Crippen molar-refractivity contribution in [2.45, 2.75) is 37.3 Å². The summed E-state index contributed by atoms with van der Waals surface area (Å²) in [6.45, 7) is 0. The Bertz CT molecular complexity index is 236. The van der Waals surface area contributed by atoms with E-state index in [-0.39, 0.29) is 6.42 Å². The van der Waals surface area contributed by atoms with Crippen LogP contribution in [0.3, 0.4) is 0 Å². The molecule has 68 valence electrons. The number of rotatable bonds is 1. The maximum absolute atomic E-state index is 10.8. The van der Waals surface area contributed by atoms with Gasteiger partial charge in [0.15, 0.2) is 0 Å². The van der Waals surface area contributed by atoms with E-state index in [9.17, 15) is 9.90 Å². The number of aliphatic hydroxyl groups excluding tert-OH is 1. The molecule has 0 radical (unpaired) electrons. The maximum Gasteiger partial charge on any atom is 0.324 e. The summed E-state index contributed by atoms with van der Waals surface area (Å²) in [5, 5.41) is 18.3. The summed E-state index contributed by atoms with van der Waals surface area (Å²) in [5.74, 6) is -0.965. The van der Waals surface area contributed by atoms with Crippen LogP contribution in [0.5, 0.6) is 0 Å². The first-order chi connectivity index (χ1) is 5.53. The number of carbonyl (C=O) groups is 1. The molecule has 0 heterocycles. The highest BCUT2D eigenvalue weighted by molar-refractivity contribution is 5.82. The molecular weight excluding hydrogens is 158 g/mol. The van der Waals surface area contributed by atoms with Gasteiger partial charge < -0.3 is 15.9 Å². The Balaban J connectivity index is 2.25. The number of carboxylic acid groups (broad SMARTS) is 1. The van der Waals surface area contributed by atoms with Gasteiger partial charge in [-0.3, -0.25) is 4.79 Å². The average molecular weight is 171 g/mol. The van der Waals surface area contributed by atoms with Gasteiger partial charge in [-0.05, 0) is 12.8 Å². The minimum Gasteiger partial charge on any atom is -0.480 e. The fraction of sp³-hybridized carbons (Fsp3) is 0.875. The van der Waals surface area contributed by atoms with E-state index in [0.29, 0.717) is 0 Å². The van der Waals surface area contributed by atoms with Gasteiger partial charge in [-0.15, -0.1) is 0 Å². The summed E-state index contributed by atoms with van der Waals surface area (Å²) < 4.78 is 0. The van der Waals surface area contributed by atoms with Gasteiger partial charge in [0.1, 0.15) is 5.54 Å². The van der Waals surface area contributed by atoms with Gasteiger partial charge in [-0.2, -0.15) is 0 Å². The molecule has 2 atom stereocenters. The van der Waals surface area contributed by atoms with Gasteiger partial charge in [0, 0.05) is 11.8 Å². The molecule has 2 aliphatic carbocycles. The van der Waals surface area contributed by atoms with Crippen molar-refractivity contribution in [3.63, 3.8) is 0 Å². The molecule has 2 aliphatic rings. The number of hydrogen-bond donors (Lipinski definition) is 3. The third-order valence-corrected chi connectivity index (χ3v) is 3.67. The van der Waals surface area contributed by atoms with Crippen molar-refractivity contribution in [1.29, 1.82) is 0 Å². The fourth-order valence-corrected chi connectivity index (χ4v) is 2.51. The zero-order valence-corrected chi connectivity index (χ0v) is 6.79. The van der Waals surface area contributed by atoms with E-state index >= 15 is 0 Å². The summed E-state index contributed by atoms with van der Waals surface area (Å²) in [6.07, 6.45) is 2.23. The Morgan fingerprint density at radius 2 is 2.08 bits per heavy atom. The van der Waals surface area contributed by atoms with Crippen LogP contribution in [0.15, 0.2) is 0 Å². The topological polar surface area (TPSA) is 83.6 Å². The molecule has 4 nitrogen and oxygen atoms in total. The minimum absolute atomic E-state index is 0.211. The van der Waals surface area contributed by atoms with Crippen molar-refractivity contribution in [2.75, 3.05) is 0 Å². The summed E-state index contributed by atoms with van der Waals surface area (Å²) >= 11 is 0. The van der Waals surface area contributed by atoms with Crippen LogP contribution in [0.4, 0.5) is 0 Å². The molecule has 2 fully saturated rings. The van der Waals surface area contributed by atoms with E-state index in [1.165, 1.54) is 0 Å². The van der Waals surface area contributed by atoms with Crippen LogP contribution >= 0.6 is 0 Å². The third-order valence-electron chi connectivity index (χ3n) is 3.67. The lowest BCUT2D eigenvalue weighted by atomic mass is 9.44. The lowest BCUT2D eigenvalue weighted by molar-refractivity contribution is -0.204. The number of carboxylic acids is 1. The molecule has 0 unspecified atom stereocenters. The quantitative estimate of drug-likeness (QED) is 0.506. The number of aliphatic hydroxyl groups is 1. The summed E-state index contributed by atoms with van der Waals surface area (Å²) in [6, 6.07) is 0. The fourth-order valence-electron chi connectivity index (χ4n) is 2.51. The van der Waals surface area contributed by atoms with E-state index in [0.717, 1.165) is 19.3 Å². The molecule has 0 amide bonds. The van der Waals surface area contributed by atoms with Crippen molar-refractivity contribution < 1.29 is 15.0 Å². The van der Waals surface area contributed by atoms with E-state index in [1.807, 2.05) is 0 Å². The number of hydrogen-bond acceptors (Lipinski definition) is 3. The van der Waals surface area contributed by atoms with E-state index < -0.39 is 23.0 Å². The Labute approximate surface area is 70.4 Å². The second-order valence-corrected chi connectivity index (χ2v) is 4.01. The van der Waals surface area contributed by atoms with E-state index in [1.54, 1.807) is 0 Å². The van der Waals surface area contributed by atoms with Crippen molar-refractivity contribution in [2.24, 2.45) is 11.1 Å². The number of nitrogens with two attached hydrogens (primary N) is 1. The lowest BCUT2D eigenvalue weighted by Crippen LogP contribution is -2.77. The van der Waals surface area contributed by atoms with E-state index in [2.05, 4.69) is 0 Å². The molecule has 4 heteroatoms. The van der Waals surface area contributed by atoms with Gasteiger partial charge in [0.05, 0.1) is 6.10 Å². The molecular formula is C8H13NO3. The molecule has 0 aromatic heterocycles. The van der Waals surface area contributed by atoms with Crippen LogP contribution in [0.1, 0.15) is 25.7 Å². The van der Waals surface area contributed by atoms with Gasteiger partial charge in [-0.25, -0.2) is 0 Å². The van der Waals surface area contributed by atoms with Crippen molar-refractivity contribution in [1.82, 2.24) is 0 Å². The molecule has 2 saturated carbocycles. The first-order valence-electron chi connectivity index (χ1n) is 4.23. The molecule has 12 heavy (non-hydrogen) atoms. The van der Waals surface area contributed by atoms with Crippen molar-refractivity contribution >= 4 is 5.97 Å². The monoisotopic (exact) mass is 171 g/mol. The van der Waals surface area contributed by atoms with Gasteiger partial charge in [0.2, 0.25) is 0 Å². The first kappa shape index (κ1) is 8.01. The Morgan fingerprint density at radius 3 is 2.25 bits per heavy atom. The third kappa shape index (κ3) is 0.593. The van der Waals surface area contributed by atoms with Gasteiger partial charge >= 0.3 is 5.97 Å². The minimum atomic E-state index is -1.15. The Hall–Kier alpha value is -0.610. The van der Waals surface area contributed by atoms with Gasteiger partial charge in [0.25, 0.3) is 0 Å². The number of aliphatic carboxylic acids is 1. The molecule has 0 bridgehead atoms. The van der Waals surface area contributed by atoms with Gasteiger partial charge in [-0.1, -0.05) is 6.42 Å². The first-order valence-corrected chi connectivity index (χ1v) is 4.23. The zero-order valence-electron chi connectivity index (χ0n) is 6.79. The SMILES string of the molecule is N[C@]1(C(=O)O)C[C@H](O)C12CCC2. The second kappa shape index (κ2) is 2.00. The van der Waals surface area contributed by atoms with Crippen LogP contribution in [-0.4, -0.2) is 27.8 Å². The molecule has 2 rings (SSSR count). The predicted molar refractivity (Wildman–Crippen MR) is 41.5 cm³/mol. The van der Waals surface area contributed by atoms with Crippen molar-refractivity contribution in [3.05, 3.63) is 0 Å². The highest BCUT2D eigenvalue weighted by Crippen LogP contribution is 2.60. The van der Waals surface area contributed by atoms with Crippen LogP contribution in [0, 0.1) is 5.41 Å². The van der Waals surface area contributed by atoms with Crippen LogP contribution in [0.25, 0.3) is 0 Å². The van der Waals surface area contributed by atoms with Crippen molar-refractivity contribution in [3.8, 4) is 0 Å². The largest absolute Gasteiger partial charge is 0.480 e. The lowest BCUT2D eigenvalue weighted by Gasteiger charge is -2.63. The van der Waals surface area contributed by atoms with Crippen LogP contribution in [-0.2, 0) is 4.79 Å². The highest BCUT2D eigenvalue weighted by Gasteiger charge is 2.69. The standard InChI is InChI=1S/C8H13NO3/c9-8(6(11)12)4-5(10)7(8)2-1-3-7/h5,10H,1-4,9H2,(H,11,12)/t5-,8-/m0/s1. The predicted octanol–water partition coefficient (Wildman–Crippen LogP) is -0.297. The molecule has 4 N–H and O–H groups in total. The highest BCUT2D eigenvalue weighted by atomic mass is 16.4. The van der Waals surface area contributed by atoms with E-state index in [4.69, 9.17) is 10.8 Å². The molecule has 0 aromatic carbocycles. The molecule has 0 aromatic rings. The normalized spacial score (nSPS) is 43.3. The summed E-state index contributed by atoms with van der Waals surface area (Å²) in [7, 11) is 0. The Morgan fingerprint density at radius 1 is 1.50 bits per heavy atom.